The molecule has 1 aliphatic rings. The van der Waals surface area contributed by atoms with Gasteiger partial charge in [0.2, 0.25) is 0 Å². The molecule has 1 fully saturated rings. The molecule has 1 aliphatic heterocycles. The lowest BCUT2D eigenvalue weighted by molar-refractivity contribution is -0.140. The largest absolute Gasteiger partial charge is 0.507 e. The molecule has 188 valence electrons. The lowest BCUT2D eigenvalue weighted by Gasteiger charge is -2.29. The second-order valence-electron chi connectivity index (χ2n) is 8.31. The van der Waals surface area contributed by atoms with Crippen LogP contribution < -0.4 is 14.2 Å². The van der Waals surface area contributed by atoms with E-state index < -0.39 is 17.7 Å². The number of rotatable bonds is 10. The summed E-state index contributed by atoms with van der Waals surface area (Å²) in [7, 11) is 4.64. The van der Waals surface area contributed by atoms with Gasteiger partial charge in [-0.15, -0.1) is 0 Å². The van der Waals surface area contributed by atoms with Crippen LogP contribution in [0.5, 0.6) is 17.2 Å². The van der Waals surface area contributed by atoms with E-state index in [1.165, 1.54) is 12.0 Å². The molecule has 0 aliphatic carbocycles. The third-order valence-electron chi connectivity index (χ3n) is 6.52. The van der Waals surface area contributed by atoms with E-state index in [9.17, 15) is 14.7 Å². The molecule has 0 unspecified atom stereocenters. The average molecular weight is 483 g/mol. The number of aliphatic hydroxyl groups is 1. The fourth-order valence-corrected chi connectivity index (χ4v) is 4.44. The highest BCUT2D eigenvalue weighted by Gasteiger charge is 2.47. The van der Waals surface area contributed by atoms with Crippen molar-refractivity contribution in [2.45, 2.75) is 26.8 Å². The number of methoxy groups -OCH3 is 3. The Balaban J connectivity index is 2.20. The Kier molecular flexibility index (Phi) is 8.40. The summed E-state index contributed by atoms with van der Waals surface area (Å²) in [6, 6.07) is 9.59. The molecule has 1 atom stereocenters. The highest BCUT2D eigenvalue weighted by Crippen LogP contribution is 2.44. The van der Waals surface area contributed by atoms with Gasteiger partial charge in [0.25, 0.3) is 11.7 Å². The Morgan fingerprint density at radius 2 is 1.60 bits per heavy atom. The van der Waals surface area contributed by atoms with Crippen molar-refractivity contribution < 1.29 is 28.9 Å². The van der Waals surface area contributed by atoms with Crippen molar-refractivity contribution in [3.8, 4) is 17.2 Å². The van der Waals surface area contributed by atoms with Crippen LogP contribution in [0.2, 0.25) is 0 Å². The monoisotopic (exact) mass is 482 g/mol. The number of likely N-dealkylation sites (N-methyl/N-ethyl adjacent to an activating group) is 1. The second-order valence-corrected chi connectivity index (χ2v) is 8.31. The van der Waals surface area contributed by atoms with Crippen molar-refractivity contribution in [3.05, 3.63) is 58.7 Å². The first-order valence-electron chi connectivity index (χ1n) is 11.7. The Labute approximate surface area is 206 Å². The summed E-state index contributed by atoms with van der Waals surface area (Å²) < 4.78 is 16.2. The number of ketones is 1. The van der Waals surface area contributed by atoms with E-state index in [2.05, 4.69) is 4.90 Å². The first-order valence-corrected chi connectivity index (χ1v) is 11.7. The Morgan fingerprint density at radius 1 is 0.971 bits per heavy atom. The van der Waals surface area contributed by atoms with Crippen LogP contribution in [0.3, 0.4) is 0 Å². The minimum Gasteiger partial charge on any atom is -0.507 e. The molecule has 0 bridgehead atoms. The predicted molar refractivity (Wildman–Crippen MR) is 134 cm³/mol. The molecule has 0 saturated carbocycles. The number of likely N-dealkylation sites (tertiary alicyclic amines) is 1. The maximum atomic E-state index is 13.3. The molecular formula is C27H34N2O6. The van der Waals surface area contributed by atoms with E-state index in [1.54, 1.807) is 50.6 Å². The lowest BCUT2D eigenvalue weighted by atomic mass is 9.93. The number of carbonyl (C=O) groups excluding carboxylic acids is 2. The van der Waals surface area contributed by atoms with Crippen molar-refractivity contribution in [2.75, 3.05) is 47.5 Å². The molecule has 0 aromatic heterocycles. The Hall–Kier alpha value is -3.52. The van der Waals surface area contributed by atoms with Gasteiger partial charge in [0, 0.05) is 30.3 Å². The van der Waals surface area contributed by atoms with Crippen LogP contribution in [0, 0.1) is 6.92 Å². The van der Waals surface area contributed by atoms with Gasteiger partial charge in [-0.05, 0) is 55.9 Å². The van der Waals surface area contributed by atoms with E-state index in [-0.39, 0.29) is 11.3 Å². The smallest absolute Gasteiger partial charge is 0.295 e. The van der Waals surface area contributed by atoms with Crippen LogP contribution in [0.4, 0.5) is 0 Å². The summed E-state index contributed by atoms with van der Waals surface area (Å²) in [5.74, 6) is 0.0785. The van der Waals surface area contributed by atoms with Crippen molar-refractivity contribution in [1.29, 1.82) is 0 Å². The first kappa shape index (κ1) is 26.1. The molecule has 1 amide bonds. The number of ether oxygens (including phenoxy) is 3. The summed E-state index contributed by atoms with van der Waals surface area (Å²) in [5.41, 5.74) is 1.81. The third-order valence-corrected chi connectivity index (χ3v) is 6.52. The van der Waals surface area contributed by atoms with Crippen LogP contribution >= 0.6 is 0 Å². The number of aryl methyl sites for hydroxylation is 1. The minimum atomic E-state index is -0.812. The highest BCUT2D eigenvalue weighted by molar-refractivity contribution is 6.46. The Bertz CT molecular complexity index is 1120. The van der Waals surface area contributed by atoms with Crippen molar-refractivity contribution in [1.82, 2.24) is 9.80 Å². The number of hydrogen-bond donors (Lipinski definition) is 1. The van der Waals surface area contributed by atoms with Gasteiger partial charge in [-0.25, -0.2) is 0 Å². The molecular weight excluding hydrogens is 448 g/mol. The third kappa shape index (κ3) is 5.12. The van der Waals surface area contributed by atoms with Gasteiger partial charge in [0.1, 0.15) is 23.0 Å². The second kappa shape index (κ2) is 11.3. The van der Waals surface area contributed by atoms with Gasteiger partial charge >= 0.3 is 0 Å². The van der Waals surface area contributed by atoms with Crippen LogP contribution in [0.15, 0.2) is 42.0 Å². The molecule has 3 rings (SSSR count). The quantitative estimate of drug-likeness (QED) is 0.313. The fourth-order valence-electron chi connectivity index (χ4n) is 4.44. The molecule has 8 heteroatoms. The van der Waals surface area contributed by atoms with E-state index in [4.69, 9.17) is 14.2 Å². The summed E-state index contributed by atoms with van der Waals surface area (Å²) in [6.07, 6.45) is 0. The van der Waals surface area contributed by atoms with E-state index in [1.807, 2.05) is 20.8 Å². The van der Waals surface area contributed by atoms with E-state index >= 15 is 0 Å². The molecule has 2 aromatic rings. The Morgan fingerprint density at radius 3 is 2.17 bits per heavy atom. The molecule has 8 nitrogen and oxygen atoms in total. The number of carbonyl (C=O) groups is 2. The maximum absolute atomic E-state index is 13.3. The van der Waals surface area contributed by atoms with Gasteiger partial charge < -0.3 is 29.1 Å². The van der Waals surface area contributed by atoms with E-state index in [0.717, 1.165) is 18.7 Å². The first-order chi connectivity index (χ1) is 16.8. The number of Topliss-reactive ketones (excluding diaryl/α,β-unsaturated/α-hetero) is 1. The van der Waals surface area contributed by atoms with Crippen molar-refractivity contribution >= 4 is 17.4 Å². The summed E-state index contributed by atoms with van der Waals surface area (Å²) in [5, 5.41) is 11.4. The van der Waals surface area contributed by atoms with Crippen LogP contribution in [-0.4, -0.2) is 74.1 Å². The maximum Gasteiger partial charge on any atom is 0.295 e. The number of amides is 1. The molecule has 0 spiro atoms. The zero-order chi connectivity index (χ0) is 25.7. The van der Waals surface area contributed by atoms with Gasteiger partial charge in [-0.3, -0.25) is 9.59 Å². The van der Waals surface area contributed by atoms with Crippen LogP contribution in [0.25, 0.3) is 5.76 Å². The summed E-state index contributed by atoms with van der Waals surface area (Å²) in [4.78, 5) is 30.3. The predicted octanol–water partition coefficient (Wildman–Crippen LogP) is 3.78. The number of aliphatic hydroxyl groups excluding tert-OH is 1. The molecule has 2 aromatic carbocycles. The molecule has 35 heavy (non-hydrogen) atoms. The minimum absolute atomic E-state index is 0.0336. The van der Waals surface area contributed by atoms with E-state index in [0.29, 0.717) is 41.5 Å². The van der Waals surface area contributed by atoms with Gasteiger partial charge in [-0.2, -0.15) is 0 Å². The summed E-state index contributed by atoms with van der Waals surface area (Å²) in [6.45, 7) is 8.48. The molecule has 1 heterocycles. The van der Waals surface area contributed by atoms with Crippen LogP contribution in [-0.2, 0) is 9.59 Å². The van der Waals surface area contributed by atoms with Gasteiger partial charge in [0.05, 0.1) is 32.9 Å². The van der Waals surface area contributed by atoms with Crippen molar-refractivity contribution in [2.24, 2.45) is 0 Å². The standard InChI is InChI=1S/C27H34N2O6/c1-7-28(8-2)13-14-29-24(21-12-10-19(34-5)16-22(21)35-6)23(26(31)27(29)32)25(30)20-11-9-18(33-4)15-17(20)3/h9-12,15-16,24,30H,7-8,13-14H2,1-6H3/t24-/m1/s1. The molecule has 1 N–H and O–H groups in total. The number of benzene rings is 2. The van der Waals surface area contributed by atoms with Gasteiger partial charge in [0.15, 0.2) is 0 Å². The normalized spacial score (nSPS) is 17.2. The number of hydrogen-bond acceptors (Lipinski definition) is 7. The zero-order valence-corrected chi connectivity index (χ0v) is 21.3. The van der Waals surface area contributed by atoms with Crippen molar-refractivity contribution in [3.63, 3.8) is 0 Å². The van der Waals surface area contributed by atoms with Gasteiger partial charge in [-0.1, -0.05) is 13.8 Å². The lowest BCUT2D eigenvalue weighted by Crippen LogP contribution is -2.38. The molecule has 0 radical (unpaired) electrons. The average Bonchev–Trinajstić information content (AvgIpc) is 3.13. The topological polar surface area (TPSA) is 88.5 Å². The molecule has 1 saturated heterocycles. The highest BCUT2D eigenvalue weighted by atomic mass is 16.5. The zero-order valence-electron chi connectivity index (χ0n) is 21.3. The van der Waals surface area contributed by atoms with Crippen LogP contribution in [0.1, 0.15) is 36.6 Å². The SMILES string of the molecule is CCN(CC)CCN1C(=O)C(=O)C(=C(O)c2ccc(OC)cc2C)[C@H]1c1ccc(OC)cc1OC. The fraction of sp³-hybridized carbons (Fsp3) is 0.407. The summed E-state index contributed by atoms with van der Waals surface area (Å²) >= 11 is 0. The number of nitrogens with zero attached hydrogens (tertiary/aromatic N) is 2.